The lowest BCUT2D eigenvalue weighted by Crippen LogP contribution is -2.17. The summed E-state index contributed by atoms with van der Waals surface area (Å²) in [5.74, 6) is 0. The zero-order valence-corrected chi connectivity index (χ0v) is 5.70. The largest absolute Gasteiger partial charge is 0.394 e. The molecule has 2 heterocycles. The van der Waals surface area contributed by atoms with Crippen LogP contribution in [0.2, 0.25) is 0 Å². The van der Waals surface area contributed by atoms with Crippen molar-refractivity contribution in [2.75, 3.05) is 6.61 Å². The lowest BCUT2D eigenvalue weighted by atomic mass is 10.4. The van der Waals surface area contributed by atoms with E-state index >= 15 is 0 Å². The van der Waals surface area contributed by atoms with Crippen molar-refractivity contribution in [2.45, 2.75) is 32.3 Å². The van der Waals surface area contributed by atoms with Gasteiger partial charge >= 0.3 is 0 Å². The van der Waals surface area contributed by atoms with Crippen molar-refractivity contribution in [3.05, 3.63) is 0 Å². The van der Waals surface area contributed by atoms with Crippen LogP contribution >= 0.6 is 0 Å². The maximum absolute atomic E-state index is 8.06. The summed E-state index contributed by atoms with van der Waals surface area (Å²) in [4.78, 5) is 0. The molecule has 0 radical (unpaired) electrons. The number of ether oxygens (including phenoxy) is 2. The van der Waals surface area contributed by atoms with E-state index in [4.69, 9.17) is 14.6 Å². The smallest absolute Gasteiger partial charge is 0.186 e. The molecule has 0 aromatic carbocycles. The van der Waals surface area contributed by atoms with Crippen LogP contribution in [0.5, 0.6) is 0 Å². The molecule has 0 saturated carbocycles. The Balaban J connectivity index is 0.0000000945. The van der Waals surface area contributed by atoms with Crippen molar-refractivity contribution >= 4 is 0 Å². The minimum absolute atomic E-state index is 0.167. The SMILES string of the molecule is C1OC2OC12.CC(C)O. The summed E-state index contributed by atoms with van der Waals surface area (Å²) in [5, 5.41) is 8.06. The second-order valence-electron chi connectivity index (χ2n) is 2.47. The predicted molar refractivity (Wildman–Crippen MR) is 32.0 cm³/mol. The van der Waals surface area contributed by atoms with Gasteiger partial charge in [0.25, 0.3) is 0 Å². The van der Waals surface area contributed by atoms with Crippen LogP contribution < -0.4 is 0 Å². The molecule has 2 aliphatic rings. The van der Waals surface area contributed by atoms with Gasteiger partial charge in [-0.1, -0.05) is 0 Å². The predicted octanol–water partition coefficient (Wildman–Crippen LogP) is 0.129. The van der Waals surface area contributed by atoms with Gasteiger partial charge in [0.1, 0.15) is 6.10 Å². The molecule has 2 fully saturated rings. The van der Waals surface area contributed by atoms with Gasteiger partial charge in [-0.15, -0.1) is 0 Å². The maximum atomic E-state index is 8.06. The van der Waals surface area contributed by atoms with E-state index in [1.807, 2.05) is 0 Å². The first-order valence-electron chi connectivity index (χ1n) is 3.15. The molecule has 54 valence electrons. The molecule has 2 atom stereocenters. The number of hydrogen-bond donors (Lipinski definition) is 1. The fourth-order valence-electron chi connectivity index (χ4n) is 0.459. The molecule has 2 saturated heterocycles. The number of fused-ring (bicyclic) bond motifs is 1. The third-order valence-electron chi connectivity index (χ3n) is 0.961. The minimum Gasteiger partial charge on any atom is -0.394 e. The van der Waals surface area contributed by atoms with E-state index in [1.54, 1.807) is 13.8 Å². The summed E-state index contributed by atoms with van der Waals surface area (Å²) in [7, 11) is 0. The molecule has 0 aliphatic carbocycles. The number of rotatable bonds is 0. The van der Waals surface area contributed by atoms with Crippen molar-refractivity contribution in [3.8, 4) is 0 Å². The van der Waals surface area contributed by atoms with Crippen LogP contribution in [0, 0.1) is 0 Å². The van der Waals surface area contributed by atoms with E-state index in [1.165, 1.54) is 0 Å². The molecule has 3 nitrogen and oxygen atoms in total. The van der Waals surface area contributed by atoms with Crippen LogP contribution in [0.3, 0.4) is 0 Å². The summed E-state index contributed by atoms with van der Waals surface area (Å²) in [5.41, 5.74) is 0. The highest BCUT2D eigenvalue weighted by atomic mass is 16.8. The van der Waals surface area contributed by atoms with E-state index in [0.717, 1.165) is 6.61 Å². The van der Waals surface area contributed by atoms with Crippen molar-refractivity contribution in [2.24, 2.45) is 0 Å². The van der Waals surface area contributed by atoms with Crippen molar-refractivity contribution in [3.63, 3.8) is 0 Å². The van der Waals surface area contributed by atoms with Crippen LogP contribution in [0.25, 0.3) is 0 Å². The molecular formula is C6H12O3. The number of hydrogen-bond acceptors (Lipinski definition) is 3. The monoisotopic (exact) mass is 132 g/mol. The Kier molecular flexibility index (Phi) is 2.05. The second kappa shape index (κ2) is 2.64. The Morgan fingerprint density at radius 2 is 2.00 bits per heavy atom. The van der Waals surface area contributed by atoms with Crippen LogP contribution in [0.1, 0.15) is 13.8 Å². The first-order valence-corrected chi connectivity index (χ1v) is 3.15. The Labute approximate surface area is 54.6 Å². The molecule has 1 N–H and O–H groups in total. The highest BCUT2D eigenvalue weighted by Crippen LogP contribution is 2.32. The molecule has 2 rings (SSSR count). The van der Waals surface area contributed by atoms with Crippen LogP contribution in [0.4, 0.5) is 0 Å². The van der Waals surface area contributed by atoms with E-state index in [0.29, 0.717) is 6.10 Å². The average molecular weight is 132 g/mol. The van der Waals surface area contributed by atoms with Gasteiger partial charge in [0.15, 0.2) is 6.29 Å². The third-order valence-corrected chi connectivity index (χ3v) is 0.961. The van der Waals surface area contributed by atoms with E-state index in [-0.39, 0.29) is 12.4 Å². The molecule has 3 heteroatoms. The minimum atomic E-state index is -0.167. The number of epoxide rings is 1. The summed E-state index contributed by atoms with van der Waals surface area (Å²) in [6.07, 6.45) is 0.574. The molecular weight excluding hydrogens is 120 g/mol. The van der Waals surface area contributed by atoms with Gasteiger partial charge in [-0.3, -0.25) is 0 Å². The first kappa shape index (κ1) is 6.99. The lowest BCUT2D eigenvalue weighted by molar-refractivity contribution is 0.0329. The fourth-order valence-corrected chi connectivity index (χ4v) is 0.459. The number of aliphatic hydroxyl groups is 1. The molecule has 0 aromatic rings. The van der Waals surface area contributed by atoms with E-state index < -0.39 is 0 Å². The van der Waals surface area contributed by atoms with Gasteiger partial charge in [0.2, 0.25) is 0 Å². The van der Waals surface area contributed by atoms with E-state index in [9.17, 15) is 0 Å². The lowest BCUT2D eigenvalue weighted by Gasteiger charge is -2.01. The third kappa shape index (κ3) is 2.30. The topological polar surface area (TPSA) is 42.0 Å². The van der Waals surface area contributed by atoms with Crippen molar-refractivity contribution in [1.29, 1.82) is 0 Å². The molecule has 2 unspecified atom stereocenters. The van der Waals surface area contributed by atoms with Gasteiger partial charge in [-0.05, 0) is 13.8 Å². The molecule has 2 aliphatic heterocycles. The van der Waals surface area contributed by atoms with Crippen molar-refractivity contribution < 1.29 is 14.6 Å². The normalized spacial score (nSPS) is 36.0. The van der Waals surface area contributed by atoms with Crippen LogP contribution in [0.15, 0.2) is 0 Å². The average Bonchev–Trinajstić information content (AvgIpc) is 2.10. The van der Waals surface area contributed by atoms with Crippen molar-refractivity contribution in [1.82, 2.24) is 0 Å². The van der Waals surface area contributed by atoms with Crippen LogP contribution in [-0.2, 0) is 9.47 Å². The molecule has 0 amide bonds. The summed E-state index contributed by atoms with van der Waals surface area (Å²) in [6.45, 7) is 4.28. The van der Waals surface area contributed by atoms with Gasteiger partial charge in [-0.2, -0.15) is 0 Å². The Morgan fingerprint density at radius 3 is 2.00 bits per heavy atom. The maximum Gasteiger partial charge on any atom is 0.186 e. The Bertz CT molecular complexity index is 77.5. The zero-order valence-electron chi connectivity index (χ0n) is 5.70. The standard InChI is InChI=1S/C3H4O2.C3H8O/c1-2-3(4-1)5-2;1-3(2)4/h2-3H,1H2;3-4H,1-2H3. The van der Waals surface area contributed by atoms with Gasteiger partial charge in [0, 0.05) is 6.10 Å². The van der Waals surface area contributed by atoms with Gasteiger partial charge in [-0.25, -0.2) is 0 Å². The van der Waals surface area contributed by atoms with Gasteiger partial charge < -0.3 is 14.6 Å². The number of aliphatic hydroxyl groups excluding tert-OH is 1. The van der Waals surface area contributed by atoms with E-state index in [2.05, 4.69) is 0 Å². The highest BCUT2D eigenvalue weighted by Gasteiger charge is 2.49. The second-order valence-corrected chi connectivity index (χ2v) is 2.47. The van der Waals surface area contributed by atoms with Crippen LogP contribution in [-0.4, -0.2) is 30.2 Å². The highest BCUT2D eigenvalue weighted by molar-refractivity contribution is 4.84. The Morgan fingerprint density at radius 1 is 1.56 bits per heavy atom. The first-order chi connectivity index (χ1) is 4.20. The Hall–Kier alpha value is -0.120. The molecule has 0 spiro atoms. The zero-order chi connectivity index (χ0) is 6.85. The molecule has 0 aromatic heterocycles. The molecule has 9 heavy (non-hydrogen) atoms. The summed E-state index contributed by atoms with van der Waals surface area (Å²) >= 11 is 0. The molecule has 0 bridgehead atoms. The summed E-state index contributed by atoms with van der Waals surface area (Å²) < 4.78 is 9.59. The quantitative estimate of drug-likeness (QED) is 0.476. The van der Waals surface area contributed by atoms with Gasteiger partial charge in [0.05, 0.1) is 6.61 Å². The fraction of sp³-hybridized carbons (Fsp3) is 1.00. The summed E-state index contributed by atoms with van der Waals surface area (Å²) in [6, 6.07) is 0.